The summed E-state index contributed by atoms with van der Waals surface area (Å²) in [5, 5.41) is 19.1. The van der Waals surface area contributed by atoms with Crippen molar-refractivity contribution < 1.29 is 70.6 Å². The summed E-state index contributed by atoms with van der Waals surface area (Å²) in [7, 11) is -16.7. The number of carbonyl (C=O) groups excluding carboxylic acids is 3. The molecule has 3 heterocycles. The van der Waals surface area contributed by atoms with Crippen LogP contribution in [0.15, 0.2) is 12.5 Å². The molecule has 22 nitrogen and oxygen atoms in total. The molecule has 52 heavy (non-hydrogen) atoms. The maximum Gasteiger partial charge on any atom is 0.490 e. The van der Waals surface area contributed by atoms with E-state index >= 15 is 0 Å². The fourth-order valence-corrected chi connectivity index (χ4v) is 8.03. The van der Waals surface area contributed by atoms with E-state index in [9.17, 15) is 43.0 Å². The standard InChI is InChI=1S/C26H39IN7O15P3/c27-13-22(38)31-11-5-8-21(37)29-9-3-1-2-7-20(36)30-10-4-6-17-14-34(26-24(17)25(28)32-16-33-26)23-12-18(35)19(47-23)15-46-51(42,43)49-52(44,45)48-50(39,40)41/h14,16,18-19,23,35H,1-3,5,7-13,15H2,(H,29,37)(H,30,36)(H,31,38)(H,42,43)(H,44,45)(H2,28,32,33)(H2,39,40,41)/t18?,19-,23-/m1/s1. The van der Waals surface area contributed by atoms with Crippen molar-refractivity contribution in [2.75, 3.05) is 36.4 Å². The number of nitrogens with two attached hydrogens (primary N) is 1. The van der Waals surface area contributed by atoms with E-state index in [1.807, 2.05) is 22.6 Å². The minimum absolute atomic E-state index is 0.00870. The Bertz CT molecular complexity index is 1780. The highest BCUT2D eigenvalue weighted by Crippen LogP contribution is 2.66. The zero-order chi connectivity index (χ0) is 38.5. The first-order valence-electron chi connectivity index (χ1n) is 15.5. The van der Waals surface area contributed by atoms with Crippen molar-refractivity contribution in [3.05, 3.63) is 18.1 Å². The number of fused-ring (bicyclic) bond motifs is 1. The molecule has 0 aliphatic carbocycles. The Morgan fingerprint density at radius 2 is 1.63 bits per heavy atom. The first-order chi connectivity index (χ1) is 24.4. The summed E-state index contributed by atoms with van der Waals surface area (Å²) in [6.45, 7) is 0.0841. The highest BCUT2D eigenvalue weighted by molar-refractivity contribution is 14.1. The van der Waals surface area contributed by atoms with Crippen LogP contribution < -0.4 is 21.7 Å². The van der Waals surface area contributed by atoms with Crippen LogP contribution >= 0.6 is 46.1 Å². The molecule has 1 aliphatic rings. The van der Waals surface area contributed by atoms with Gasteiger partial charge in [-0.25, -0.2) is 23.7 Å². The molecule has 1 saturated heterocycles. The lowest BCUT2D eigenvalue weighted by Gasteiger charge is -2.19. The van der Waals surface area contributed by atoms with Crippen LogP contribution in [0, 0.1) is 11.8 Å². The molecule has 1 aliphatic heterocycles. The number of alkyl halides is 1. The number of nitrogen functional groups attached to an aromatic ring is 1. The number of rotatable bonds is 20. The number of carbonyl (C=O) groups is 3. The molecule has 0 spiro atoms. The van der Waals surface area contributed by atoms with Gasteiger partial charge >= 0.3 is 23.5 Å². The summed E-state index contributed by atoms with van der Waals surface area (Å²) >= 11 is 1.96. The molecule has 3 unspecified atom stereocenters. The number of aliphatic hydroxyl groups excluding tert-OH is 1. The van der Waals surface area contributed by atoms with E-state index in [-0.39, 0.29) is 48.6 Å². The van der Waals surface area contributed by atoms with E-state index in [0.29, 0.717) is 54.2 Å². The number of anilines is 1. The Balaban J connectivity index is 1.47. The molecule has 0 saturated carbocycles. The number of aliphatic hydroxyl groups is 1. The lowest BCUT2D eigenvalue weighted by molar-refractivity contribution is -0.122. The lowest BCUT2D eigenvalue weighted by Crippen LogP contribution is -2.28. The number of ether oxygens (including phenoxy) is 1. The Labute approximate surface area is 310 Å². The van der Waals surface area contributed by atoms with Gasteiger partial charge in [0.25, 0.3) is 0 Å². The molecule has 2 aromatic rings. The van der Waals surface area contributed by atoms with E-state index in [0.717, 1.165) is 6.42 Å². The van der Waals surface area contributed by atoms with Crippen LogP contribution in [0.4, 0.5) is 5.82 Å². The van der Waals surface area contributed by atoms with E-state index < -0.39 is 48.5 Å². The van der Waals surface area contributed by atoms with Crippen molar-refractivity contribution in [3.8, 4) is 11.8 Å². The summed E-state index contributed by atoms with van der Waals surface area (Å²) in [4.78, 5) is 79.9. The highest BCUT2D eigenvalue weighted by atomic mass is 127. The van der Waals surface area contributed by atoms with Gasteiger partial charge in [0.15, 0.2) is 0 Å². The number of hydrogen-bond acceptors (Lipinski definition) is 14. The third-order valence-electron chi connectivity index (χ3n) is 6.99. The van der Waals surface area contributed by atoms with Crippen LogP contribution in [0.2, 0.25) is 0 Å². The normalized spacial score (nSPS) is 19.6. The predicted octanol–water partition coefficient (Wildman–Crippen LogP) is 0.481. The Kier molecular flexibility index (Phi) is 17.1. The van der Waals surface area contributed by atoms with Gasteiger partial charge in [0, 0.05) is 38.5 Å². The predicted molar refractivity (Wildman–Crippen MR) is 189 cm³/mol. The van der Waals surface area contributed by atoms with Crippen LogP contribution in [0.25, 0.3) is 11.0 Å². The van der Waals surface area contributed by atoms with Crippen molar-refractivity contribution >= 4 is 80.6 Å². The second-order valence-corrected chi connectivity index (χ2v) is 16.2. The average Bonchev–Trinajstić information content (AvgIpc) is 3.60. The van der Waals surface area contributed by atoms with Gasteiger partial charge in [0.05, 0.1) is 34.6 Å². The average molecular weight is 909 g/mol. The fraction of sp³-hybridized carbons (Fsp3) is 0.577. The molecule has 2 aromatic heterocycles. The Morgan fingerprint density at radius 1 is 0.962 bits per heavy atom. The number of phosphoric acid groups is 3. The largest absolute Gasteiger partial charge is 0.490 e. The Hall–Kier alpha value is -2.55. The minimum atomic E-state index is -5.73. The zero-order valence-corrected chi connectivity index (χ0v) is 32.2. The molecule has 5 atom stereocenters. The molecule has 0 radical (unpaired) electrons. The molecule has 3 rings (SSSR count). The summed E-state index contributed by atoms with van der Waals surface area (Å²) in [5.41, 5.74) is 6.72. The highest BCUT2D eigenvalue weighted by Gasteiger charge is 2.43. The fourth-order valence-electron chi connectivity index (χ4n) is 4.73. The molecule has 0 bridgehead atoms. The van der Waals surface area contributed by atoms with Crippen LogP contribution in [-0.4, -0.2) is 99.8 Å². The quantitative estimate of drug-likeness (QED) is 0.0287. The topological polar surface area (TPSA) is 333 Å². The molecule has 290 valence electrons. The van der Waals surface area contributed by atoms with Crippen LogP contribution in [-0.2, 0) is 46.0 Å². The number of hydrogen-bond donors (Lipinski definition) is 9. The van der Waals surface area contributed by atoms with Gasteiger partial charge in [-0.3, -0.25) is 18.9 Å². The third-order valence-corrected chi connectivity index (χ3v) is 11.5. The number of aromatic nitrogens is 3. The minimum Gasteiger partial charge on any atom is -0.390 e. The number of unbranched alkanes of at least 4 members (excludes halogenated alkanes) is 2. The van der Waals surface area contributed by atoms with E-state index in [2.05, 4.69) is 50.9 Å². The van der Waals surface area contributed by atoms with Gasteiger partial charge in [-0.2, -0.15) is 8.62 Å². The number of nitrogens with zero attached hydrogens (tertiary/aromatic N) is 3. The van der Waals surface area contributed by atoms with E-state index in [4.69, 9.17) is 20.3 Å². The number of nitrogens with one attached hydrogen (secondary N) is 3. The molecule has 26 heteroatoms. The van der Waals surface area contributed by atoms with Gasteiger partial charge in [-0.15, -0.1) is 0 Å². The Morgan fingerprint density at radius 3 is 2.35 bits per heavy atom. The number of amides is 3. The van der Waals surface area contributed by atoms with Gasteiger partial charge in [0.2, 0.25) is 17.7 Å². The molecule has 10 N–H and O–H groups in total. The smallest absolute Gasteiger partial charge is 0.390 e. The molecular formula is C26H39IN7O15P3. The third kappa shape index (κ3) is 15.1. The van der Waals surface area contributed by atoms with Gasteiger partial charge < -0.3 is 55.7 Å². The first-order valence-corrected chi connectivity index (χ1v) is 21.5. The number of halogens is 1. The lowest BCUT2D eigenvalue weighted by atomic mass is 10.2. The maximum atomic E-state index is 12.3. The van der Waals surface area contributed by atoms with E-state index in [1.54, 1.807) is 0 Å². The van der Waals surface area contributed by atoms with Gasteiger partial charge in [0.1, 0.15) is 30.1 Å². The van der Waals surface area contributed by atoms with Crippen LogP contribution in [0.5, 0.6) is 0 Å². The molecular weight excluding hydrogens is 870 g/mol. The second kappa shape index (κ2) is 20.2. The summed E-state index contributed by atoms with van der Waals surface area (Å²) < 4.78 is 54.0. The molecule has 0 aromatic carbocycles. The maximum absolute atomic E-state index is 12.3. The SMILES string of the molecule is Nc1ncnc2c1c(C#CCNC(=O)CCCCCNC(=O)CCCNC(=O)CI)cn2[C@H]1CC(O)[C@@H](COP(=O)(O)OP(=O)(O)OP(=O)(O)O)O1. The molecule has 1 fully saturated rings. The monoisotopic (exact) mass is 909 g/mol. The molecule has 3 amide bonds. The summed E-state index contributed by atoms with van der Waals surface area (Å²) in [6.07, 6.45) is 2.26. The van der Waals surface area contributed by atoms with Crippen LogP contribution in [0.1, 0.15) is 56.7 Å². The second-order valence-electron chi connectivity index (χ2n) is 11.1. The van der Waals surface area contributed by atoms with Crippen LogP contribution in [0.3, 0.4) is 0 Å². The summed E-state index contributed by atoms with van der Waals surface area (Å²) in [6, 6.07) is 0. The van der Waals surface area contributed by atoms with Crippen molar-refractivity contribution in [2.45, 2.75) is 63.4 Å². The number of phosphoric ester groups is 1. The van der Waals surface area contributed by atoms with E-state index in [1.165, 1.54) is 17.1 Å². The van der Waals surface area contributed by atoms with Gasteiger partial charge in [-0.05, 0) is 19.3 Å². The summed E-state index contributed by atoms with van der Waals surface area (Å²) in [5.74, 6) is 5.44. The van der Waals surface area contributed by atoms with Crippen molar-refractivity contribution in [2.24, 2.45) is 0 Å². The van der Waals surface area contributed by atoms with Gasteiger partial charge in [-0.1, -0.05) is 40.9 Å². The van der Waals surface area contributed by atoms with Crippen molar-refractivity contribution in [3.63, 3.8) is 0 Å². The first kappa shape index (κ1) is 43.9. The van der Waals surface area contributed by atoms with Crippen molar-refractivity contribution in [1.29, 1.82) is 0 Å². The zero-order valence-electron chi connectivity index (χ0n) is 27.3. The van der Waals surface area contributed by atoms with Crippen molar-refractivity contribution in [1.82, 2.24) is 30.5 Å².